The fraction of sp³-hybridized carbons (Fsp3) is 0.667. The van der Waals surface area contributed by atoms with Gasteiger partial charge in [-0.1, -0.05) is 12.2 Å². The van der Waals surface area contributed by atoms with Crippen LogP contribution in [0.2, 0.25) is 0 Å². The van der Waals surface area contributed by atoms with E-state index in [1.165, 1.54) is 7.05 Å². The third-order valence-electron chi connectivity index (χ3n) is 1.89. The maximum absolute atomic E-state index is 12.4. The molecule has 0 bridgehead atoms. The average molecular weight is 224 g/mol. The van der Waals surface area contributed by atoms with Crippen LogP contribution in [0, 0.1) is 0 Å². The highest BCUT2D eigenvalue weighted by Crippen LogP contribution is 2.29. The molecular weight excluding hydrogens is 209 g/mol. The molecule has 3 nitrogen and oxygen atoms in total. The SMILES string of the molecule is C=C(C)CN(C)C(=O)C(C)(N)C(F)(F)F. The van der Waals surface area contributed by atoms with Crippen molar-refractivity contribution in [3.63, 3.8) is 0 Å². The molecule has 0 radical (unpaired) electrons. The Morgan fingerprint density at radius 1 is 1.47 bits per heavy atom. The molecule has 0 rings (SSSR count). The van der Waals surface area contributed by atoms with Crippen LogP contribution in [-0.4, -0.2) is 36.1 Å². The van der Waals surface area contributed by atoms with E-state index in [9.17, 15) is 18.0 Å². The molecule has 0 aromatic heterocycles. The molecule has 0 spiro atoms. The lowest BCUT2D eigenvalue weighted by atomic mass is 10.0. The number of rotatable bonds is 3. The molecule has 1 unspecified atom stereocenters. The number of halogens is 3. The maximum Gasteiger partial charge on any atom is 0.415 e. The number of carbonyl (C=O) groups is 1. The molecule has 1 amide bonds. The minimum atomic E-state index is -4.76. The van der Waals surface area contributed by atoms with E-state index in [1.807, 2.05) is 0 Å². The average Bonchev–Trinajstić information content (AvgIpc) is 1.99. The first-order valence-corrected chi connectivity index (χ1v) is 4.25. The summed E-state index contributed by atoms with van der Waals surface area (Å²) in [6.45, 7) is 5.84. The summed E-state index contributed by atoms with van der Waals surface area (Å²) in [4.78, 5) is 12.3. The van der Waals surface area contributed by atoms with Crippen molar-refractivity contribution < 1.29 is 18.0 Å². The van der Waals surface area contributed by atoms with E-state index < -0.39 is 17.6 Å². The molecular formula is C9H15F3N2O. The van der Waals surface area contributed by atoms with Gasteiger partial charge >= 0.3 is 6.18 Å². The third-order valence-corrected chi connectivity index (χ3v) is 1.89. The van der Waals surface area contributed by atoms with Crippen LogP contribution in [0.15, 0.2) is 12.2 Å². The topological polar surface area (TPSA) is 46.3 Å². The minimum absolute atomic E-state index is 0.0572. The van der Waals surface area contributed by atoms with Gasteiger partial charge in [0.15, 0.2) is 5.54 Å². The molecule has 0 saturated carbocycles. The number of likely N-dealkylation sites (N-methyl/N-ethyl adjacent to an activating group) is 1. The van der Waals surface area contributed by atoms with Crippen molar-refractivity contribution in [2.45, 2.75) is 25.6 Å². The Morgan fingerprint density at radius 2 is 1.87 bits per heavy atom. The fourth-order valence-corrected chi connectivity index (χ4v) is 0.994. The Morgan fingerprint density at radius 3 is 2.13 bits per heavy atom. The Balaban J connectivity index is 4.78. The smallest absolute Gasteiger partial charge is 0.340 e. The van der Waals surface area contributed by atoms with Gasteiger partial charge in [0.25, 0.3) is 5.91 Å². The Hall–Kier alpha value is -1.04. The number of amides is 1. The highest BCUT2D eigenvalue weighted by Gasteiger charge is 2.54. The van der Waals surface area contributed by atoms with E-state index >= 15 is 0 Å². The van der Waals surface area contributed by atoms with Gasteiger partial charge in [-0.05, 0) is 13.8 Å². The molecule has 0 heterocycles. The summed E-state index contributed by atoms with van der Waals surface area (Å²) in [5.74, 6) is -1.17. The Labute approximate surface area is 86.7 Å². The second-order valence-electron chi connectivity index (χ2n) is 3.82. The van der Waals surface area contributed by atoms with Gasteiger partial charge in [-0.15, -0.1) is 0 Å². The number of carbonyl (C=O) groups excluding carboxylic acids is 1. The van der Waals surface area contributed by atoms with E-state index in [2.05, 4.69) is 6.58 Å². The highest BCUT2D eigenvalue weighted by molar-refractivity contribution is 5.86. The zero-order valence-corrected chi connectivity index (χ0v) is 8.98. The first kappa shape index (κ1) is 14.0. The van der Waals surface area contributed by atoms with Crippen LogP contribution in [0.5, 0.6) is 0 Å². The molecule has 2 N–H and O–H groups in total. The number of nitrogens with two attached hydrogens (primary N) is 1. The third kappa shape index (κ3) is 3.23. The lowest BCUT2D eigenvalue weighted by Crippen LogP contribution is -2.61. The van der Waals surface area contributed by atoms with E-state index in [0.29, 0.717) is 12.5 Å². The van der Waals surface area contributed by atoms with Crippen LogP contribution >= 0.6 is 0 Å². The molecule has 0 aliphatic heterocycles. The lowest BCUT2D eigenvalue weighted by molar-refractivity contribution is -0.192. The fourth-order valence-electron chi connectivity index (χ4n) is 0.994. The highest BCUT2D eigenvalue weighted by atomic mass is 19.4. The van der Waals surface area contributed by atoms with Crippen molar-refractivity contribution in [2.24, 2.45) is 5.73 Å². The monoisotopic (exact) mass is 224 g/mol. The second kappa shape index (κ2) is 4.22. The molecule has 6 heteroatoms. The van der Waals surface area contributed by atoms with Crippen LogP contribution in [0.1, 0.15) is 13.8 Å². The van der Waals surface area contributed by atoms with Gasteiger partial charge in [0.1, 0.15) is 0 Å². The van der Waals surface area contributed by atoms with Gasteiger partial charge in [0.05, 0.1) is 0 Å². The lowest BCUT2D eigenvalue weighted by Gasteiger charge is -2.30. The van der Waals surface area contributed by atoms with Gasteiger partial charge < -0.3 is 10.6 Å². The van der Waals surface area contributed by atoms with Crippen LogP contribution in [0.4, 0.5) is 13.2 Å². The van der Waals surface area contributed by atoms with E-state index in [4.69, 9.17) is 5.73 Å². The molecule has 88 valence electrons. The van der Waals surface area contributed by atoms with Crippen molar-refractivity contribution in [1.82, 2.24) is 4.90 Å². The largest absolute Gasteiger partial charge is 0.415 e. The molecule has 0 aromatic carbocycles. The van der Waals surface area contributed by atoms with E-state index in [-0.39, 0.29) is 6.54 Å². The zero-order chi connectivity index (χ0) is 12.4. The maximum atomic E-state index is 12.4. The number of hydrogen-bond donors (Lipinski definition) is 1. The zero-order valence-electron chi connectivity index (χ0n) is 8.98. The molecule has 0 saturated heterocycles. The molecule has 0 aliphatic rings. The van der Waals surface area contributed by atoms with Crippen molar-refractivity contribution in [2.75, 3.05) is 13.6 Å². The predicted molar refractivity (Wildman–Crippen MR) is 51.1 cm³/mol. The second-order valence-corrected chi connectivity index (χ2v) is 3.82. The first-order valence-electron chi connectivity index (χ1n) is 4.25. The van der Waals surface area contributed by atoms with Crippen molar-refractivity contribution in [3.05, 3.63) is 12.2 Å². The minimum Gasteiger partial charge on any atom is -0.340 e. The Kier molecular flexibility index (Phi) is 3.93. The van der Waals surface area contributed by atoms with Gasteiger partial charge in [0.2, 0.25) is 0 Å². The number of alkyl halides is 3. The van der Waals surface area contributed by atoms with Crippen LogP contribution in [-0.2, 0) is 4.79 Å². The normalized spacial score (nSPS) is 15.7. The van der Waals surface area contributed by atoms with Crippen molar-refractivity contribution >= 4 is 5.91 Å². The molecule has 1 atom stereocenters. The number of nitrogens with zero attached hydrogens (tertiary/aromatic N) is 1. The van der Waals surface area contributed by atoms with Gasteiger partial charge in [-0.3, -0.25) is 4.79 Å². The van der Waals surface area contributed by atoms with Crippen molar-refractivity contribution in [3.8, 4) is 0 Å². The molecule has 0 aliphatic carbocycles. The van der Waals surface area contributed by atoms with E-state index in [0.717, 1.165) is 4.90 Å². The standard InChI is InChI=1S/C9H15F3N2O/c1-6(2)5-14(4)7(15)8(3,13)9(10,11)12/h1,5,13H2,2-4H3. The summed E-state index contributed by atoms with van der Waals surface area (Å²) in [6, 6.07) is 0. The summed E-state index contributed by atoms with van der Waals surface area (Å²) in [5.41, 5.74) is 2.70. The van der Waals surface area contributed by atoms with Crippen LogP contribution < -0.4 is 5.73 Å². The van der Waals surface area contributed by atoms with Crippen LogP contribution in [0.25, 0.3) is 0 Å². The predicted octanol–water partition coefficient (Wildman–Crippen LogP) is 1.30. The summed E-state index contributed by atoms with van der Waals surface area (Å²) in [7, 11) is 1.26. The van der Waals surface area contributed by atoms with Gasteiger partial charge in [-0.25, -0.2) is 0 Å². The summed E-state index contributed by atoms with van der Waals surface area (Å²) in [6.07, 6.45) is -4.76. The van der Waals surface area contributed by atoms with Crippen molar-refractivity contribution in [1.29, 1.82) is 0 Å². The number of hydrogen-bond acceptors (Lipinski definition) is 2. The van der Waals surface area contributed by atoms with Crippen LogP contribution in [0.3, 0.4) is 0 Å². The Bertz CT molecular complexity index is 271. The summed E-state index contributed by atoms with van der Waals surface area (Å²) < 4.78 is 37.2. The first-order chi connectivity index (χ1) is 6.50. The summed E-state index contributed by atoms with van der Waals surface area (Å²) >= 11 is 0. The van der Waals surface area contributed by atoms with E-state index in [1.54, 1.807) is 6.92 Å². The molecule has 0 fully saturated rings. The quantitative estimate of drug-likeness (QED) is 0.734. The molecule has 15 heavy (non-hydrogen) atoms. The van der Waals surface area contributed by atoms with Gasteiger partial charge in [0, 0.05) is 13.6 Å². The summed E-state index contributed by atoms with van der Waals surface area (Å²) in [5, 5.41) is 0. The van der Waals surface area contributed by atoms with Gasteiger partial charge in [-0.2, -0.15) is 13.2 Å². The molecule has 0 aromatic rings.